The first-order valence-corrected chi connectivity index (χ1v) is 12.9. The summed E-state index contributed by atoms with van der Waals surface area (Å²) in [6.07, 6.45) is 8.89. The molecule has 182 valence electrons. The van der Waals surface area contributed by atoms with Gasteiger partial charge in [-0.25, -0.2) is 4.79 Å². The van der Waals surface area contributed by atoms with Gasteiger partial charge < -0.3 is 26.4 Å². The molecule has 2 heterocycles. The van der Waals surface area contributed by atoms with E-state index < -0.39 is 5.97 Å². The smallest absolute Gasteiger partial charge is 0.315 e. The largest absolute Gasteiger partial charge is 0.481 e. The number of thioether (sulfide) groups is 1. The lowest BCUT2D eigenvalue weighted by atomic mass is 10.0. The van der Waals surface area contributed by atoms with Crippen molar-refractivity contribution in [2.45, 2.75) is 94.4 Å². The first kappa shape index (κ1) is 26.3. The van der Waals surface area contributed by atoms with E-state index in [0.29, 0.717) is 37.6 Å². The minimum absolute atomic E-state index is 0.0342. The number of hydrogen-bond acceptors (Lipinski definition) is 5. The van der Waals surface area contributed by atoms with Gasteiger partial charge in [0.05, 0.1) is 12.1 Å². The highest BCUT2D eigenvalue weighted by Crippen LogP contribution is 2.33. The maximum atomic E-state index is 12.0. The third kappa shape index (κ3) is 10.6. The molecule has 4 amide bonds. The number of hydrogen-bond donors (Lipinski definition) is 5. The first-order valence-electron chi connectivity index (χ1n) is 11.9. The summed E-state index contributed by atoms with van der Waals surface area (Å²) in [4.78, 5) is 45.5. The number of amides is 4. The van der Waals surface area contributed by atoms with Crippen molar-refractivity contribution in [2.24, 2.45) is 0 Å². The highest BCUT2D eigenvalue weighted by Gasteiger charge is 2.42. The molecule has 0 aromatic carbocycles. The Kier molecular flexibility index (Phi) is 12.3. The number of carbonyl (C=O) groups excluding carboxylic acids is 3. The maximum absolute atomic E-state index is 12.0. The van der Waals surface area contributed by atoms with Crippen molar-refractivity contribution in [1.29, 1.82) is 0 Å². The highest BCUT2D eigenvalue weighted by molar-refractivity contribution is 8.00. The summed E-state index contributed by atoms with van der Waals surface area (Å²) < 4.78 is 0. The summed E-state index contributed by atoms with van der Waals surface area (Å²) in [5, 5.41) is 20.7. The van der Waals surface area contributed by atoms with Crippen LogP contribution in [0.2, 0.25) is 0 Å². The summed E-state index contributed by atoms with van der Waals surface area (Å²) in [5.74, 6) is 0.302. The normalized spacial score (nSPS) is 21.5. The van der Waals surface area contributed by atoms with Gasteiger partial charge in [-0.3, -0.25) is 14.4 Å². The number of fused-ring (bicyclic) bond motifs is 1. The third-order valence-electron chi connectivity index (χ3n) is 5.87. The lowest BCUT2D eigenvalue weighted by molar-refractivity contribution is -0.137. The third-order valence-corrected chi connectivity index (χ3v) is 7.38. The van der Waals surface area contributed by atoms with Crippen molar-refractivity contribution in [3.8, 4) is 0 Å². The number of carboxylic acid groups (broad SMARTS) is 1. The fourth-order valence-corrected chi connectivity index (χ4v) is 5.62. The lowest BCUT2D eigenvalue weighted by Crippen LogP contribution is -2.36. The SMILES string of the molecule is O=C(O)CCCCCNC(=O)CCCCCNC(=O)CCCC[C@@H]1SCC2NC(=O)NC21. The van der Waals surface area contributed by atoms with Crippen molar-refractivity contribution in [3.63, 3.8) is 0 Å². The minimum atomic E-state index is -0.777. The summed E-state index contributed by atoms with van der Waals surface area (Å²) in [6, 6.07) is 0.421. The molecule has 0 radical (unpaired) electrons. The van der Waals surface area contributed by atoms with Crippen LogP contribution in [-0.2, 0) is 14.4 Å². The average Bonchev–Trinajstić information content (AvgIpc) is 3.29. The fourth-order valence-electron chi connectivity index (χ4n) is 4.07. The number of urea groups is 1. The van der Waals surface area contributed by atoms with Crippen LogP contribution in [0.25, 0.3) is 0 Å². The van der Waals surface area contributed by atoms with E-state index in [-0.39, 0.29) is 36.3 Å². The molecular formula is C22H38N4O5S. The van der Waals surface area contributed by atoms with Gasteiger partial charge in [-0.15, -0.1) is 0 Å². The summed E-state index contributed by atoms with van der Waals surface area (Å²) in [6.45, 7) is 1.24. The van der Waals surface area contributed by atoms with E-state index in [2.05, 4.69) is 21.3 Å². The van der Waals surface area contributed by atoms with E-state index in [9.17, 15) is 19.2 Å². The Morgan fingerprint density at radius 3 is 2.06 bits per heavy atom. The van der Waals surface area contributed by atoms with Gasteiger partial charge in [0.25, 0.3) is 0 Å². The van der Waals surface area contributed by atoms with Crippen LogP contribution in [0.1, 0.15) is 77.0 Å². The molecule has 2 fully saturated rings. The molecule has 2 rings (SSSR count). The molecule has 0 saturated carbocycles. The molecule has 2 aliphatic rings. The predicted molar refractivity (Wildman–Crippen MR) is 125 cm³/mol. The van der Waals surface area contributed by atoms with E-state index in [4.69, 9.17) is 5.11 Å². The van der Waals surface area contributed by atoms with E-state index in [1.165, 1.54) is 0 Å². The molecule has 2 unspecified atom stereocenters. The second-order valence-corrected chi connectivity index (χ2v) is 9.85. The number of unbranched alkanes of at least 4 members (excludes halogenated alkanes) is 5. The zero-order valence-corrected chi connectivity index (χ0v) is 19.6. The van der Waals surface area contributed by atoms with Crippen LogP contribution >= 0.6 is 11.8 Å². The van der Waals surface area contributed by atoms with Crippen LogP contribution in [0.15, 0.2) is 0 Å². The molecule has 9 nitrogen and oxygen atoms in total. The second-order valence-electron chi connectivity index (χ2n) is 8.58. The van der Waals surface area contributed by atoms with E-state index in [0.717, 1.165) is 57.1 Å². The molecule has 10 heteroatoms. The van der Waals surface area contributed by atoms with Gasteiger partial charge in [0.2, 0.25) is 11.8 Å². The van der Waals surface area contributed by atoms with Crippen LogP contribution in [0.3, 0.4) is 0 Å². The van der Waals surface area contributed by atoms with Crippen molar-refractivity contribution in [2.75, 3.05) is 18.8 Å². The molecule has 0 bridgehead atoms. The summed E-state index contributed by atoms with van der Waals surface area (Å²) >= 11 is 1.90. The molecule has 0 aromatic rings. The molecule has 2 aliphatic heterocycles. The van der Waals surface area contributed by atoms with E-state index in [1.807, 2.05) is 11.8 Å². The zero-order chi connectivity index (χ0) is 23.2. The standard InChI is InChI=1S/C22H38N4O5S/c27-18(23-14-8-2-4-12-20(29)30)10-3-1-7-13-24-19(28)11-6-5-9-17-21-16(15-32-17)25-22(31)26-21/h16-17,21H,1-15H2,(H,23,27)(H,24,28)(H,29,30)(H2,25,26,31)/t16?,17-,21?/m0/s1. The fraction of sp³-hybridized carbons (Fsp3) is 0.818. The van der Waals surface area contributed by atoms with Gasteiger partial charge >= 0.3 is 12.0 Å². The maximum Gasteiger partial charge on any atom is 0.315 e. The first-order chi connectivity index (χ1) is 15.5. The monoisotopic (exact) mass is 470 g/mol. The van der Waals surface area contributed by atoms with Gasteiger partial charge in [0, 0.05) is 43.4 Å². The number of rotatable bonds is 17. The van der Waals surface area contributed by atoms with Gasteiger partial charge in [0.15, 0.2) is 0 Å². The van der Waals surface area contributed by atoms with Crippen molar-refractivity contribution >= 4 is 35.6 Å². The molecule has 0 aliphatic carbocycles. The zero-order valence-electron chi connectivity index (χ0n) is 18.8. The quantitative estimate of drug-likeness (QED) is 0.163. The van der Waals surface area contributed by atoms with Gasteiger partial charge in [-0.1, -0.05) is 19.3 Å². The number of aliphatic carboxylic acids is 1. The van der Waals surface area contributed by atoms with Gasteiger partial charge in [-0.2, -0.15) is 11.8 Å². The Bertz CT molecular complexity index is 633. The molecular weight excluding hydrogens is 432 g/mol. The summed E-state index contributed by atoms with van der Waals surface area (Å²) in [7, 11) is 0. The van der Waals surface area contributed by atoms with Crippen LogP contribution in [0.4, 0.5) is 4.79 Å². The van der Waals surface area contributed by atoms with Crippen molar-refractivity contribution < 1.29 is 24.3 Å². The van der Waals surface area contributed by atoms with Crippen molar-refractivity contribution in [1.82, 2.24) is 21.3 Å². The second kappa shape index (κ2) is 15.0. The Morgan fingerprint density at radius 1 is 0.844 bits per heavy atom. The summed E-state index contributed by atoms with van der Waals surface area (Å²) in [5.41, 5.74) is 0. The molecule has 0 aromatic heterocycles. The highest BCUT2D eigenvalue weighted by atomic mass is 32.2. The molecule has 3 atom stereocenters. The molecule has 0 spiro atoms. The van der Waals surface area contributed by atoms with Gasteiger partial charge in [0.1, 0.15) is 0 Å². The average molecular weight is 471 g/mol. The minimum Gasteiger partial charge on any atom is -0.481 e. The Labute approximate surface area is 194 Å². The topological polar surface area (TPSA) is 137 Å². The van der Waals surface area contributed by atoms with Crippen molar-refractivity contribution in [3.05, 3.63) is 0 Å². The number of nitrogens with one attached hydrogen (secondary N) is 4. The number of carboxylic acids is 1. The van der Waals surface area contributed by atoms with Crippen LogP contribution in [0.5, 0.6) is 0 Å². The van der Waals surface area contributed by atoms with Crippen LogP contribution < -0.4 is 21.3 Å². The molecule has 5 N–H and O–H groups in total. The van der Waals surface area contributed by atoms with E-state index >= 15 is 0 Å². The predicted octanol–water partition coefficient (Wildman–Crippen LogP) is 2.15. The lowest BCUT2D eigenvalue weighted by Gasteiger charge is -2.16. The van der Waals surface area contributed by atoms with Gasteiger partial charge in [-0.05, 0) is 38.5 Å². The molecule has 2 saturated heterocycles. The number of carbonyl (C=O) groups is 4. The van der Waals surface area contributed by atoms with Crippen LogP contribution in [0, 0.1) is 0 Å². The van der Waals surface area contributed by atoms with E-state index in [1.54, 1.807) is 0 Å². The molecule has 32 heavy (non-hydrogen) atoms. The van der Waals surface area contributed by atoms with Crippen LogP contribution in [-0.4, -0.2) is 65.1 Å². The Hall–Kier alpha value is -1.97. The Balaban J connectivity index is 1.35. The Morgan fingerprint density at radius 2 is 1.44 bits per heavy atom.